The molecular formula is C31H31FN4O3. The second-order valence-corrected chi connectivity index (χ2v) is 9.65. The number of benzene rings is 3. The third-order valence-corrected chi connectivity index (χ3v) is 6.95. The van der Waals surface area contributed by atoms with Crippen molar-refractivity contribution in [1.29, 1.82) is 0 Å². The number of nitrogens with zero attached hydrogens (tertiary/aromatic N) is 3. The molecule has 1 unspecified atom stereocenters. The number of aryl methyl sites for hydroxylation is 1. The van der Waals surface area contributed by atoms with Gasteiger partial charge in [-0.15, -0.1) is 0 Å². The van der Waals surface area contributed by atoms with Crippen LogP contribution in [0.5, 0.6) is 5.75 Å². The van der Waals surface area contributed by atoms with Crippen LogP contribution in [0.15, 0.2) is 72.8 Å². The Balaban J connectivity index is 1.26. The lowest BCUT2D eigenvalue weighted by atomic mass is 9.93. The maximum atomic E-state index is 13.3. The number of hydrogen-bond acceptors (Lipinski definition) is 7. The second kappa shape index (κ2) is 11.6. The largest absolute Gasteiger partial charge is 0.425 e. The van der Waals surface area contributed by atoms with E-state index in [4.69, 9.17) is 14.5 Å². The van der Waals surface area contributed by atoms with Crippen molar-refractivity contribution in [3.05, 3.63) is 107 Å². The Kier molecular flexibility index (Phi) is 7.84. The van der Waals surface area contributed by atoms with Gasteiger partial charge in [0.25, 0.3) is 0 Å². The van der Waals surface area contributed by atoms with E-state index in [1.807, 2.05) is 62.4 Å². The zero-order valence-corrected chi connectivity index (χ0v) is 22.3. The second-order valence-electron chi connectivity index (χ2n) is 9.65. The highest BCUT2D eigenvalue weighted by Crippen LogP contribution is 2.36. The zero-order valence-electron chi connectivity index (χ0n) is 22.3. The van der Waals surface area contributed by atoms with Crippen LogP contribution in [-0.2, 0) is 22.6 Å². The normalized spacial score (nSPS) is 14.6. The number of rotatable bonds is 8. The molecule has 0 saturated heterocycles. The fraction of sp³-hybridized carbons (Fsp3) is 0.258. The van der Waals surface area contributed by atoms with Gasteiger partial charge in [0, 0.05) is 23.5 Å². The maximum Gasteiger partial charge on any atom is 0.337 e. The molecule has 8 heteroatoms. The van der Waals surface area contributed by atoms with Crippen LogP contribution in [0.3, 0.4) is 0 Å². The van der Waals surface area contributed by atoms with Crippen molar-refractivity contribution in [3.63, 3.8) is 0 Å². The Morgan fingerprint density at radius 1 is 1.05 bits per heavy atom. The van der Waals surface area contributed by atoms with Crippen LogP contribution in [-0.4, -0.2) is 29.1 Å². The monoisotopic (exact) mass is 526 g/mol. The molecule has 0 fully saturated rings. The van der Waals surface area contributed by atoms with E-state index in [1.165, 1.54) is 12.1 Å². The molecule has 4 aromatic rings. The number of halogens is 1. The number of carbonyl (C=O) groups excluding carboxylic acids is 1. The molecule has 0 bridgehead atoms. The summed E-state index contributed by atoms with van der Waals surface area (Å²) in [5.74, 6) is 1.12. The summed E-state index contributed by atoms with van der Waals surface area (Å²) < 4.78 is 24.4. The number of carbonyl (C=O) groups is 1. The smallest absolute Gasteiger partial charge is 0.337 e. The minimum Gasteiger partial charge on any atom is -0.425 e. The Morgan fingerprint density at radius 2 is 1.82 bits per heavy atom. The van der Waals surface area contributed by atoms with Crippen molar-refractivity contribution in [2.24, 2.45) is 0 Å². The molecule has 3 aromatic carbocycles. The number of anilines is 3. The standard InChI is InChI=1S/C31H31FN4O3/c1-20-21(2)33-31(34-26-11-9-25(32)10-12-26)35-30(20)36-16-15-24-17-27(13-14-28(24)22(36)3)39-29(37)19-38-18-23-7-5-4-6-8-23/h4-14,17,22H,15-16,18-19H2,1-3H3,(H,33,34,35). The summed E-state index contributed by atoms with van der Waals surface area (Å²) in [6, 6.07) is 21.7. The first-order valence-electron chi connectivity index (χ1n) is 13.0. The van der Waals surface area contributed by atoms with Crippen LogP contribution in [0.25, 0.3) is 0 Å². The molecule has 1 aromatic heterocycles. The predicted molar refractivity (Wildman–Crippen MR) is 149 cm³/mol. The predicted octanol–water partition coefficient (Wildman–Crippen LogP) is 6.22. The molecule has 7 nitrogen and oxygen atoms in total. The first-order chi connectivity index (χ1) is 18.9. The molecule has 0 saturated carbocycles. The van der Waals surface area contributed by atoms with E-state index in [2.05, 4.69) is 22.1 Å². The number of nitrogens with one attached hydrogen (secondary N) is 1. The van der Waals surface area contributed by atoms with Gasteiger partial charge in [-0.3, -0.25) is 0 Å². The van der Waals surface area contributed by atoms with Crippen molar-refractivity contribution in [2.45, 2.75) is 39.8 Å². The van der Waals surface area contributed by atoms with Gasteiger partial charge in [-0.05, 0) is 80.3 Å². The van der Waals surface area contributed by atoms with Gasteiger partial charge in [0.1, 0.15) is 24.0 Å². The Morgan fingerprint density at radius 3 is 2.59 bits per heavy atom. The quantitative estimate of drug-likeness (QED) is 0.216. The van der Waals surface area contributed by atoms with Gasteiger partial charge in [0.05, 0.1) is 12.6 Å². The molecule has 200 valence electrons. The lowest BCUT2D eigenvalue weighted by Crippen LogP contribution is -2.35. The average Bonchev–Trinajstić information content (AvgIpc) is 2.93. The molecule has 0 spiro atoms. The van der Waals surface area contributed by atoms with Crippen LogP contribution < -0.4 is 15.0 Å². The first kappa shape index (κ1) is 26.3. The molecule has 1 aliphatic heterocycles. The van der Waals surface area contributed by atoms with Crippen molar-refractivity contribution < 1.29 is 18.7 Å². The summed E-state index contributed by atoms with van der Waals surface area (Å²) in [4.78, 5) is 24.0. The van der Waals surface area contributed by atoms with Gasteiger partial charge in [0.15, 0.2) is 0 Å². The van der Waals surface area contributed by atoms with E-state index >= 15 is 0 Å². The summed E-state index contributed by atoms with van der Waals surface area (Å²) in [5.41, 5.74) is 5.91. The molecular weight excluding hydrogens is 495 g/mol. The van der Waals surface area contributed by atoms with Crippen LogP contribution >= 0.6 is 0 Å². The van der Waals surface area contributed by atoms with Crippen molar-refractivity contribution in [3.8, 4) is 5.75 Å². The molecule has 5 rings (SSSR count). The van der Waals surface area contributed by atoms with Crippen molar-refractivity contribution in [2.75, 3.05) is 23.4 Å². The molecule has 0 radical (unpaired) electrons. The molecule has 1 atom stereocenters. The van der Waals surface area contributed by atoms with Crippen molar-refractivity contribution >= 4 is 23.4 Å². The molecule has 39 heavy (non-hydrogen) atoms. The van der Waals surface area contributed by atoms with Gasteiger partial charge in [0.2, 0.25) is 5.95 Å². The highest BCUT2D eigenvalue weighted by Gasteiger charge is 2.27. The Bertz CT molecular complexity index is 1460. The van der Waals surface area contributed by atoms with Gasteiger partial charge in [-0.1, -0.05) is 36.4 Å². The van der Waals surface area contributed by atoms with Gasteiger partial charge in [-0.25, -0.2) is 14.2 Å². The highest BCUT2D eigenvalue weighted by molar-refractivity contribution is 5.73. The van der Waals surface area contributed by atoms with E-state index in [9.17, 15) is 9.18 Å². The number of ether oxygens (including phenoxy) is 2. The van der Waals surface area contributed by atoms with Crippen molar-refractivity contribution in [1.82, 2.24) is 9.97 Å². The van der Waals surface area contributed by atoms with Crippen LogP contribution in [0.2, 0.25) is 0 Å². The van der Waals surface area contributed by atoms with Crippen LogP contribution in [0.1, 0.15) is 40.9 Å². The fourth-order valence-corrected chi connectivity index (χ4v) is 4.76. The van der Waals surface area contributed by atoms with Crippen LogP contribution in [0, 0.1) is 19.7 Å². The minimum atomic E-state index is -0.426. The molecule has 0 aliphatic carbocycles. The Labute approximate surface area is 227 Å². The fourth-order valence-electron chi connectivity index (χ4n) is 4.76. The lowest BCUT2D eigenvalue weighted by molar-refractivity contribution is -0.139. The highest BCUT2D eigenvalue weighted by atomic mass is 19.1. The molecule has 1 N–H and O–H groups in total. The van der Waals surface area contributed by atoms with E-state index in [0.29, 0.717) is 18.3 Å². The van der Waals surface area contributed by atoms with E-state index < -0.39 is 5.97 Å². The number of fused-ring (bicyclic) bond motifs is 1. The summed E-state index contributed by atoms with van der Waals surface area (Å²) in [6.45, 7) is 7.12. The first-order valence-corrected chi connectivity index (χ1v) is 13.0. The van der Waals surface area contributed by atoms with Crippen LogP contribution in [0.4, 0.5) is 21.8 Å². The molecule has 2 heterocycles. The van der Waals surface area contributed by atoms with E-state index in [0.717, 1.165) is 52.4 Å². The molecule has 0 amide bonds. The topological polar surface area (TPSA) is 76.6 Å². The average molecular weight is 527 g/mol. The third-order valence-electron chi connectivity index (χ3n) is 6.95. The summed E-state index contributed by atoms with van der Waals surface area (Å²) in [5, 5.41) is 3.19. The van der Waals surface area contributed by atoms with Gasteiger partial charge in [-0.2, -0.15) is 4.98 Å². The zero-order chi connectivity index (χ0) is 27.4. The number of hydrogen-bond donors (Lipinski definition) is 1. The molecule has 1 aliphatic rings. The maximum absolute atomic E-state index is 13.3. The summed E-state index contributed by atoms with van der Waals surface area (Å²) in [7, 11) is 0. The third kappa shape index (κ3) is 6.23. The van der Waals surface area contributed by atoms with E-state index in [1.54, 1.807) is 12.1 Å². The summed E-state index contributed by atoms with van der Waals surface area (Å²) >= 11 is 0. The van der Waals surface area contributed by atoms with Gasteiger partial charge < -0.3 is 19.7 Å². The van der Waals surface area contributed by atoms with Gasteiger partial charge >= 0.3 is 5.97 Å². The number of esters is 1. The lowest BCUT2D eigenvalue weighted by Gasteiger charge is -2.37. The Hall–Kier alpha value is -4.30. The van der Waals surface area contributed by atoms with E-state index in [-0.39, 0.29) is 18.5 Å². The minimum absolute atomic E-state index is 0.0550. The number of aromatic nitrogens is 2. The SMILES string of the molecule is Cc1nc(Nc2ccc(F)cc2)nc(N2CCc3cc(OC(=O)COCc4ccccc4)ccc3C2C)c1C. The summed E-state index contributed by atoms with van der Waals surface area (Å²) in [6.07, 6.45) is 0.777.